The molecule has 176 valence electrons. The van der Waals surface area contributed by atoms with Crippen LogP contribution >= 0.6 is 0 Å². The van der Waals surface area contributed by atoms with Crippen LogP contribution in [0.5, 0.6) is 5.75 Å². The van der Waals surface area contributed by atoms with Crippen molar-refractivity contribution < 1.29 is 30.7 Å². The summed E-state index contributed by atoms with van der Waals surface area (Å²) in [6, 6.07) is 5.97. The highest BCUT2D eigenvalue weighted by molar-refractivity contribution is 6.02. The van der Waals surface area contributed by atoms with Gasteiger partial charge in [-0.1, -0.05) is 36.9 Å². The van der Waals surface area contributed by atoms with Crippen molar-refractivity contribution in [3.8, 4) is 5.75 Å². The molecule has 2 aromatic carbocycles. The summed E-state index contributed by atoms with van der Waals surface area (Å²) in [7, 11) is 0. The third-order valence-corrected chi connectivity index (χ3v) is 5.98. The highest BCUT2D eigenvalue weighted by Crippen LogP contribution is 2.34. The lowest BCUT2D eigenvalue weighted by Crippen LogP contribution is -2.49. The first kappa shape index (κ1) is 16.9. The van der Waals surface area contributed by atoms with Crippen molar-refractivity contribution in [2.45, 2.75) is 38.5 Å². The largest absolute Gasteiger partial charge is 0.489 e. The average molecular weight is 467 g/mol. The molecule has 1 N–H and O–H groups in total. The lowest BCUT2D eigenvalue weighted by Gasteiger charge is -2.31. The molecule has 2 aromatic rings. The van der Waals surface area contributed by atoms with Crippen LogP contribution in [0, 0.1) is 0 Å². The van der Waals surface area contributed by atoms with Crippen molar-refractivity contribution in [2.24, 2.45) is 0 Å². The van der Waals surface area contributed by atoms with Gasteiger partial charge in [-0.15, -0.1) is 0 Å². The molecule has 3 aliphatic rings. The van der Waals surface area contributed by atoms with Gasteiger partial charge in [0.2, 0.25) is 11.8 Å². The molecule has 3 amide bonds. The van der Waals surface area contributed by atoms with Crippen LogP contribution in [-0.4, -0.2) is 53.3 Å². The van der Waals surface area contributed by atoms with E-state index >= 15 is 0 Å². The molecule has 2 fully saturated rings. The maximum atomic E-state index is 13.1. The third kappa shape index (κ3) is 4.41. The fraction of sp³-hybridized carbons (Fsp3) is 0.346. The van der Waals surface area contributed by atoms with E-state index in [1.165, 1.54) is 17.0 Å². The maximum absolute atomic E-state index is 13.1. The molecular formula is C26H27N3O5. The topological polar surface area (TPSA) is 88.2 Å². The number of hydrogen-bond donors (Lipinski definition) is 1. The summed E-state index contributed by atoms with van der Waals surface area (Å²) in [6.07, 6.45) is 1.01. The molecule has 0 spiro atoms. The Kier molecular flexibility index (Phi) is 4.62. The standard InChI is InChI=1S/C26H27N3O5/c1-17-5-10-22(25(31)27-17)29-14-21-20(26(29)32)3-2-4-23(21)34-15-19-8-6-18(7-9-19)13-28-11-12-33-16-24(28)30/h2-4,6-9,22H,1,5,10-16H2,(H,27,31)/i6D,8D,13D2,15D. The Balaban J connectivity index is 1.38. The Bertz CT molecular complexity index is 1380. The number of ether oxygens (including phenoxy) is 2. The number of nitrogens with zero attached hydrogens (tertiary/aromatic N) is 2. The molecule has 0 aromatic heterocycles. The smallest absolute Gasteiger partial charge is 0.255 e. The fourth-order valence-corrected chi connectivity index (χ4v) is 4.19. The molecule has 0 aliphatic carbocycles. The number of allylic oxidation sites excluding steroid dienone is 1. The van der Waals surface area contributed by atoms with Crippen molar-refractivity contribution in [2.75, 3.05) is 19.8 Å². The summed E-state index contributed by atoms with van der Waals surface area (Å²) in [6.45, 7) is 0.00349. The molecule has 34 heavy (non-hydrogen) atoms. The van der Waals surface area contributed by atoms with Crippen LogP contribution in [0.25, 0.3) is 0 Å². The Morgan fingerprint density at radius 1 is 1.21 bits per heavy atom. The number of amides is 3. The Labute approximate surface area is 205 Å². The zero-order chi connectivity index (χ0) is 28.1. The number of hydrogen-bond acceptors (Lipinski definition) is 5. The first-order valence-electron chi connectivity index (χ1n) is 13.6. The zero-order valence-corrected chi connectivity index (χ0v) is 18.4. The van der Waals surface area contributed by atoms with Crippen molar-refractivity contribution in [3.63, 3.8) is 0 Å². The summed E-state index contributed by atoms with van der Waals surface area (Å²) < 4.78 is 53.4. The Hall–Kier alpha value is -3.65. The predicted octanol–water partition coefficient (Wildman–Crippen LogP) is 2.37. The van der Waals surface area contributed by atoms with Gasteiger partial charge in [-0.2, -0.15) is 0 Å². The first-order valence-corrected chi connectivity index (χ1v) is 11.0. The molecule has 0 saturated carbocycles. The van der Waals surface area contributed by atoms with Crippen LogP contribution in [0.2, 0.25) is 0 Å². The first-order chi connectivity index (χ1) is 18.5. The van der Waals surface area contributed by atoms with E-state index in [2.05, 4.69) is 11.9 Å². The van der Waals surface area contributed by atoms with E-state index in [0.717, 1.165) is 4.90 Å². The summed E-state index contributed by atoms with van der Waals surface area (Å²) in [5, 5.41) is 2.69. The van der Waals surface area contributed by atoms with Crippen LogP contribution in [-0.2, 0) is 34.0 Å². The van der Waals surface area contributed by atoms with Gasteiger partial charge < -0.3 is 24.6 Å². The van der Waals surface area contributed by atoms with Crippen LogP contribution in [0.3, 0.4) is 0 Å². The predicted molar refractivity (Wildman–Crippen MR) is 124 cm³/mol. The summed E-state index contributed by atoms with van der Waals surface area (Å²) >= 11 is 0. The molecule has 2 unspecified atom stereocenters. The number of carbonyl (C=O) groups is 3. The van der Waals surface area contributed by atoms with E-state index in [1.54, 1.807) is 18.2 Å². The lowest BCUT2D eigenvalue weighted by atomic mass is 10.0. The minimum atomic E-state index is -2.34. The number of fused-ring (bicyclic) bond motifs is 1. The van der Waals surface area contributed by atoms with Crippen LogP contribution in [0.1, 0.15) is 46.7 Å². The summed E-state index contributed by atoms with van der Waals surface area (Å²) in [4.78, 5) is 40.3. The monoisotopic (exact) mass is 466 g/mol. The minimum Gasteiger partial charge on any atom is -0.489 e. The average Bonchev–Trinajstić information content (AvgIpc) is 3.22. The van der Waals surface area contributed by atoms with E-state index in [0.29, 0.717) is 29.7 Å². The van der Waals surface area contributed by atoms with Crippen LogP contribution < -0.4 is 10.1 Å². The Morgan fingerprint density at radius 3 is 2.85 bits per heavy atom. The van der Waals surface area contributed by atoms with Gasteiger partial charge in [0.15, 0.2) is 0 Å². The molecule has 8 heteroatoms. The van der Waals surface area contributed by atoms with Gasteiger partial charge in [0.1, 0.15) is 25.0 Å². The molecule has 0 radical (unpaired) electrons. The number of morpholine rings is 1. The normalized spacial score (nSPS) is 23.9. The quantitative estimate of drug-likeness (QED) is 0.706. The summed E-state index contributed by atoms with van der Waals surface area (Å²) in [5.41, 5.74) is 1.35. The van der Waals surface area contributed by atoms with Crippen molar-refractivity contribution in [1.29, 1.82) is 0 Å². The molecule has 3 heterocycles. The van der Waals surface area contributed by atoms with E-state index in [-0.39, 0.29) is 55.0 Å². The van der Waals surface area contributed by atoms with Crippen molar-refractivity contribution in [3.05, 3.63) is 76.9 Å². The van der Waals surface area contributed by atoms with Gasteiger partial charge in [0.05, 0.1) is 20.0 Å². The number of rotatable bonds is 6. The van der Waals surface area contributed by atoms with E-state index < -0.39 is 37.1 Å². The maximum Gasteiger partial charge on any atom is 0.255 e. The molecule has 2 saturated heterocycles. The van der Waals surface area contributed by atoms with Gasteiger partial charge in [-0.25, -0.2) is 0 Å². The van der Waals surface area contributed by atoms with Gasteiger partial charge in [0.25, 0.3) is 5.91 Å². The van der Waals surface area contributed by atoms with Gasteiger partial charge >= 0.3 is 0 Å². The second-order valence-corrected chi connectivity index (χ2v) is 8.26. The lowest BCUT2D eigenvalue weighted by molar-refractivity contribution is -0.143. The van der Waals surface area contributed by atoms with Gasteiger partial charge in [-0.3, -0.25) is 14.4 Å². The number of carbonyl (C=O) groups excluding carboxylic acids is 3. The second kappa shape index (κ2) is 9.30. The number of benzene rings is 2. The highest BCUT2D eigenvalue weighted by atomic mass is 16.5. The number of piperidine rings is 1. The van der Waals surface area contributed by atoms with Gasteiger partial charge in [-0.05, 0) is 36.1 Å². The SMILES string of the molecule is [2H]c1c(C([2H])Oc2cccc3c2CN(C2CCC(=C)NC2=O)C3=O)ccc(C([2H])([2H])N2CCOCC2=O)c1[2H]. The molecular weight excluding hydrogens is 434 g/mol. The van der Waals surface area contributed by atoms with Crippen LogP contribution in [0.15, 0.2) is 54.7 Å². The zero-order valence-electron chi connectivity index (χ0n) is 23.4. The minimum absolute atomic E-state index is 0.0106. The highest BCUT2D eigenvalue weighted by Gasteiger charge is 2.39. The molecule has 0 bridgehead atoms. The van der Waals surface area contributed by atoms with E-state index in [9.17, 15) is 14.4 Å². The molecule has 5 rings (SSSR count). The fourth-order valence-electron chi connectivity index (χ4n) is 4.19. The molecule has 8 nitrogen and oxygen atoms in total. The van der Waals surface area contributed by atoms with Gasteiger partial charge in [0, 0.05) is 29.9 Å². The third-order valence-electron chi connectivity index (χ3n) is 5.98. The van der Waals surface area contributed by atoms with E-state index in [4.69, 9.17) is 16.3 Å². The second-order valence-electron chi connectivity index (χ2n) is 8.26. The number of nitrogens with one attached hydrogen (secondary N) is 1. The molecule has 3 aliphatic heterocycles. The molecule has 2 atom stereocenters. The van der Waals surface area contributed by atoms with Crippen molar-refractivity contribution in [1.82, 2.24) is 15.1 Å². The van der Waals surface area contributed by atoms with Crippen molar-refractivity contribution >= 4 is 17.7 Å². The Morgan fingerprint density at radius 2 is 2.03 bits per heavy atom. The van der Waals surface area contributed by atoms with Crippen LogP contribution in [0.4, 0.5) is 0 Å². The summed E-state index contributed by atoms with van der Waals surface area (Å²) in [5.74, 6) is -0.925. The van der Waals surface area contributed by atoms with E-state index in [1.807, 2.05) is 0 Å².